The molecule has 8 nitrogen and oxygen atoms in total. The lowest BCUT2D eigenvalue weighted by Gasteiger charge is -2.06. The van der Waals surface area contributed by atoms with Gasteiger partial charge in [-0.2, -0.15) is 0 Å². The number of amides is 1. The molecule has 0 radical (unpaired) electrons. The van der Waals surface area contributed by atoms with Gasteiger partial charge in [-0.05, 0) is 30.7 Å². The molecule has 0 aliphatic heterocycles. The summed E-state index contributed by atoms with van der Waals surface area (Å²) in [6.45, 7) is 1.85. The monoisotopic (exact) mass is 355 g/mol. The van der Waals surface area contributed by atoms with E-state index in [1.54, 1.807) is 18.3 Å². The van der Waals surface area contributed by atoms with Crippen molar-refractivity contribution in [3.05, 3.63) is 64.0 Å². The van der Waals surface area contributed by atoms with Gasteiger partial charge in [-0.1, -0.05) is 17.4 Å². The fourth-order valence-corrected chi connectivity index (χ4v) is 3.10. The summed E-state index contributed by atoms with van der Waals surface area (Å²) in [6, 6.07) is 9.00. The molecule has 0 unspecified atom stereocenters. The van der Waals surface area contributed by atoms with Gasteiger partial charge in [0, 0.05) is 23.9 Å². The number of benzene rings is 1. The highest BCUT2D eigenvalue weighted by atomic mass is 32.1. The molecule has 1 amide bonds. The van der Waals surface area contributed by atoms with E-state index in [4.69, 9.17) is 5.73 Å². The second kappa shape index (κ2) is 6.65. The van der Waals surface area contributed by atoms with Crippen molar-refractivity contribution in [3.63, 3.8) is 0 Å². The number of nitrogen functional groups attached to an aromatic ring is 1. The highest BCUT2D eigenvalue weighted by Crippen LogP contribution is 2.32. The van der Waals surface area contributed by atoms with Crippen molar-refractivity contribution in [3.8, 4) is 10.4 Å². The van der Waals surface area contributed by atoms with E-state index in [1.165, 1.54) is 35.6 Å². The number of aryl methyl sites for hydroxylation is 1. The van der Waals surface area contributed by atoms with Crippen LogP contribution in [0.2, 0.25) is 0 Å². The van der Waals surface area contributed by atoms with Gasteiger partial charge in [-0.15, -0.1) is 0 Å². The molecule has 2 aromatic heterocycles. The molecule has 0 bridgehead atoms. The van der Waals surface area contributed by atoms with Crippen LogP contribution in [0.15, 0.2) is 42.6 Å². The Hall–Kier alpha value is -3.33. The molecule has 3 rings (SSSR count). The van der Waals surface area contributed by atoms with E-state index >= 15 is 0 Å². The smallest absolute Gasteiger partial charge is 0.270 e. The predicted molar refractivity (Wildman–Crippen MR) is 95.5 cm³/mol. The fourth-order valence-electron chi connectivity index (χ4n) is 2.27. The van der Waals surface area contributed by atoms with Crippen LogP contribution in [0, 0.1) is 17.0 Å². The first-order valence-electron chi connectivity index (χ1n) is 7.19. The third-order valence-corrected chi connectivity index (χ3v) is 4.43. The van der Waals surface area contributed by atoms with Gasteiger partial charge in [0.2, 0.25) is 0 Å². The summed E-state index contributed by atoms with van der Waals surface area (Å²) in [5.74, 6) is -0.144. The van der Waals surface area contributed by atoms with Crippen molar-refractivity contribution in [1.29, 1.82) is 0 Å². The molecule has 0 aliphatic carbocycles. The van der Waals surface area contributed by atoms with Crippen molar-refractivity contribution in [2.75, 3.05) is 11.1 Å². The molecule has 0 saturated carbocycles. The lowest BCUT2D eigenvalue weighted by atomic mass is 10.1. The number of nitro groups is 1. The van der Waals surface area contributed by atoms with Crippen LogP contribution in [0.5, 0.6) is 0 Å². The average Bonchev–Trinajstić information content (AvgIpc) is 2.93. The summed E-state index contributed by atoms with van der Waals surface area (Å²) in [7, 11) is 0. The van der Waals surface area contributed by atoms with Crippen molar-refractivity contribution < 1.29 is 9.72 Å². The van der Waals surface area contributed by atoms with Gasteiger partial charge < -0.3 is 11.1 Å². The molecule has 0 saturated heterocycles. The minimum absolute atomic E-state index is 0.148. The molecule has 3 N–H and O–H groups in total. The molecular weight excluding hydrogens is 342 g/mol. The number of nitrogens with one attached hydrogen (secondary N) is 1. The van der Waals surface area contributed by atoms with E-state index < -0.39 is 10.8 Å². The van der Waals surface area contributed by atoms with Crippen LogP contribution in [-0.2, 0) is 0 Å². The van der Waals surface area contributed by atoms with Crippen molar-refractivity contribution in [1.82, 2.24) is 9.97 Å². The Morgan fingerprint density at radius 1 is 1.32 bits per heavy atom. The van der Waals surface area contributed by atoms with Crippen LogP contribution in [-0.4, -0.2) is 20.8 Å². The molecule has 2 heterocycles. The molecular formula is C16H13N5O3S. The molecule has 0 spiro atoms. The SMILES string of the molecule is Cc1nc(N)sc1-c1ccnc(NC(=O)c2cccc([N+](=O)[O-])c2)c1. The van der Waals surface area contributed by atoms with Crippen molar-refractivity contribution >= 4 is 33.9 Å². The first-order valence-corrected chi connectivity index (χ1v) is 8.01. The van der Waals surface area contributed by atoms with E-state index in [9.17, 15) is 14.9 Å². The quantitative estimate of drug-likeness (QED) is 0.547. The van der Waals surface area contributed by atoms with Gasteiger partial charge in [0.05, 0.1) is 15.5 Å². The summed E-state index contributed by atoms with van der Waals surface area (Å²) < 4.78 is 0. The largest absolute Gasteiger partial charge is 0.375 e. The number of carbonyl (C=O) groups excluding carboxylic acids is 1. The van der Waals surface area contributed by atoms with Crippen LogP contribution < -0.4 is 11.1 Å². The van der Waals surface area contributed by atoms with Crippen LogP contribution in [0.3, 0.4) is 0 Å². The van der Waals surface area contributed by atoms with Gasteiger partial charge in [0.25, 0.3) is 11.6 Å². The fraction of sp³-hybridized carbons (Fsp3) is 0.0625. The third kappa shape index (κ3) is 3.61. The summed E-state index contributed by atoms with van der Waals surface area (Å²) in [5.41, 5.74) is 7.37. The number of nitro benzene ring substituents is 1. The normalized spacial score (nSPS) is 10.4. The molecule has 0 aliphatic rings. The van der Waals surface area contributed by atoms with E-state index in [0.29, 0.717) is 10.9 Å². The summed E-state index contributed by atoms with van der Waals surface area (Å²) in [6.07, 6.45) is 1.56. The number of hydrogen-bond acceptors (Lipinski definition) is 7. The topological polar surface area (TPSA) is 124 Å². The van der Waals surface area contributed by atoms with E-state index in [2.05, 4.69) is 15.3 Å². The van der Waals surface area contributed by atoms with E-state index in [0.717, 1.165) is 16.1 Å². The number of pyridine rings is 1. The van der Waals surface area contributed by atoms with Gasteiger partial charge >= 0.3 is 0 Å². The number of nitrogens with zero attached hydrogens (tertiary/aromatic N) is 3. The number of nitrogens with two attached hydrogens (primary N) is 1. The lowest BCUT2D eigenvalue weighted by Crippen LogP contribution is -2.13. The van der Waals surface area contributed by atoms with Gasteiger partial charge in [-0.3, -0.25) is 14.9 Å². The highest BCUT2D eigenvalue weighted by Gasteiger charge is 2.13. The van der Waals surface area contributed by atoms with Crippen LogP contribution in [0.1, 0.15) is 16.1 Å². The standard InChI is InChI=1S/C16H13N5O3S/c1-9-14(25-16(17)19-9)10-5-6-18-13(8-10)20-15(22)11-3-2-4-12(7-11)21(23)24/h2-8H,1H3,(H2,17,19)(H,18,20,22). The summed E-state index contributed by atoms with van der Waals surface area (Å²) in [5, 5.41) is 13.9. The van der Waals surface area contributed by atoms with Gasteiger partial charge in [0.15, 0.2) is 5.13 Å². The van der Waals surface area contributed by atoms with Crippen LogP contribution in [0.4, 0.5) is 16.6 Å². The molecule has 9 heteroatoms. The molecule has 25 heavy (non-hydrogen) atoms. The molecule has 3 aromatic rings. The molecule has 0 fully saturated rings. The van der Waals surface area contributed by atoms with Crippen LogP contribution in [0.25, 0.3) is 10.4 Å². The Morgan fingerprint density at radius 2 is 2.12 bits per heavy atom. The molecule has 0 atom stereocenters. The first-order chi connectivity index (χ1) is 11.9. The minimum atomic E-state index is -0.549. The maximum Gasteiger partial charge on any atom is 0.270 e. The zero-order valence-corrected chi connectivity index (χ0v) is 13.9. The number of aromatic nitrogens is 2. The Labute approximate surface area is 146 Å². The highest BCUT2D eigenvalue weighted by molar-refractivity contribution is 7.18. The van der Waals surface area contributed by atoms with Crippen LogP contribution >= 0.6 is 11.3 Å². The maximum atomic E-state index is 12.3. The predicted octanol–water partition coefficient (Wildman–Crippen LogP) is 3.26. The van der Waals surface area contributed by atoms with Gasteiger partial charge in [-0.25, -0.2) is 9.97 Å². The Bertz CT molecular complexity index is 970. The summed E-state index contributed by atoms with van der Waals surface area (Å²) >= 11 is 1.35. The van der Waals surface area contributed by atoms with E-state index in [-0.39, 0.29) is 11.3 Å². The second-order valence-electron chi connectivity index (χ2n) is 5.16. The number of thiazole rings is 1. The number of carbonyl (C=O) groups is 1. The zero-order valence-electron chi connectivity index (χ0n) is 13.1. The maximum absolute atomic E-state index is 12.3. The minimum Gasteiger partial charge on any atom is -0.375 e. The Morgan fingerprint density at radius 3 is 2.80 bits per heavy atom. The number of hydrogen-bond donors (Lipinski definition) is 2. The zero-order chi connectivity index (χ0) is 18.0. The Kier molecular flexibility index (Phi) is 4.40. The lowest BCUT2D eigenvalue weighted by molar-refractivity contribution is -0.384. The van der Waals surface area contributed by atoms with Crippen molar-refractivity contribution in [2.45, 2.75) is 6.92 Å². The Balaban J connectivity index is 1.85. The number of anilines is 2. The number of rotatable bonds is 4. The first kappa shape index (κ1) is 16.5. The molecule has 126 valence electrons. The van der Waals surface area contributed by atoms with E-state index in [1.807, 2.05) is 6.92 Å². The third-order valence-electron chi connectivity index (χ3n) is 3.40. The van der Waals surface area contributed by atoms with Crippen molar-refractivity contribution in [2.24, 2.45) is 0 Å². The molecule has 1 aromatic carbocycles. The van der Waals surface area contributed by atoms with Gasteiger partial charge in [0.1, 0.15) is 5.82 Å². The second-order valence-corrected chi connectivity index (χ2v) is 6.19. The average molecular weight is 355 g/mol. The number of non-ortho nitro benzene ring substituents is 1. The summed E-state index contributed by atoms with van der Waals surface area (Å²) in [4.78, 5) is 31.8.